The highest BCUT2D eigenvalue weighted by Crippen LogP contribution is 2.38. The molecular weight excluding hydrogens is 905 g/mol. The van der Waals surface area contributed by atoms with E-state index in [0.29, 0.717) is 0 Å². The van der Waals surface area contributed by atoms with Crippen molar-refractivity contribution in [2.45, 2.75) is 101 Å². The van der Waals surface area contributed by atoms with Crippen molar-refractivity contribution in [3.63, 3.8) is 0 Å². The summed E-state index contributed by atoms with van der Waals surface area (Å²) in [7, 11) is -20.7. The van der Waals surface area contributed by atoms with Crippen LogP contribution in [-0.4, -0.2) is 103 Å². The van der Waals surface area contributed by atoms with Crippen LogP contribution in [0.5, 0.6) is 0 Å². The van der Waals surface area contributed by atoms with Crippen molar-refractivity contribution < 1.29 is 112 Å². The van der Waals surface area contributed by atoms with Crippen molar-refractivity contribution in [3.8, 4) is 0 Å². The van der Waals surface area contributed by atoms with E-state index in [4.69, 9.17) is 22.9 Å². The molecule has 356 valence electrons. The number of carboxylic acids is 4. The van der Waals surface area contributed by atoms with E-state index in [2.05, 4.69) is 17.3 Å². The molecule has 32 heteroatoms. The van der Waals surface area contributed by atoms with Crippen LogP contribution < -0.4 is 64.4 Å². The van der Waals surface area contributed by atoms with Crippen LogP contribution in [0.4, 0.5) is 0 Å². The summed E-state index contributed by atoms with van der Waals surface area (Å²) in [6.45, 7) is 8.26. The molecule has 0 saturated carbocycles. The van der Waals surface area contributed by atoms with Gasteiger partial charge in [0.05, 0.1) is 21.0 Å². The van der Waals surface area contributed by atoms with Crippen LogP contribution in [0.25, 0.3) is 0 Å². The molecule has 0 aliphatic rings. The zero-order chi connectivity index (χ0) is 48.4. The molecule has 0 aliphatic heterocycles. The minimum atomic E-state index is -5.36. The topological polar surface area (TPSA) is 530 Å². The van der Waals surface area contributed by atoms with E-state index >= 15 is 0 Å². The van der Waals surface area contributed by atoms with E-state index in [1.54, 1.807) is 0 Å². The molecule has 0 aliphatic carbocycles. The van der Waals surface area contributed by atoms with Crippen LogP contribution in [0, 0.1) is 47.3 Å². The van der Waals surface area contributed by atoms with Gasteiger partial charge < -0.3 is 101 Å². The highest BCUT2D eigenvalue weighted by atomic mass is 32.2. The van der Waals surface area contributed by atoms with Gasteiger partial charge in [-0.15, -0.1) is 0 Å². The zero-order valence-electron chi connectivity index (χ0n) is 33.0. The van der Waals surface area contributed by atoms with Gasteiger partial charge in [-0.25, -0.2) is 0 Å². The number of hydrogen-bond acceptors (Lipinski definition) is 28. The second kappa shape index (κ2) is 23.6. The van der Waals surface area contributed by atoms with Gasteiger partial charge in [-0.1, -0.05) is 41.5 Å². The smallest absolute Gasteiger partial charge is 0.262 e. The summed E-state index contributed by atoms with van der Waals surface area (Å²) in [4.78, 5) is 45.0. The molecule has 0 heterocycles. The summed E-state index contributed by atoms with van der Waals surface area (Å²) in [6, 6.07) is -6.60. The van der Waals surface area contributed by atoms with Crippen molar-refractivity contribution in [2.75, 3.05) is 0 Å². The van der Waals surface area contributed by atoms with Gasteiger partial charge in [0.25, 0.3) is 40.5 Å². The number of carboxylic acid groups (broad SMARTS) is 4. The number of carbonyl (C=O) groups excluding carboxylic acids is 4. The van der Waals surface area contributed by atoms with Gasteiger partial charge in [0.2, 0.25) is 0 Å². The molecule has 60 heavy (non-hydrogen) atoms. The first kappa shape index (κ1) is 59.3. The summed E-state index contributed by atoms with van der Waals surface area (Å²) in [6.07, 6.45) is 0. The van der Waals surface area contributed by atoms with Crippen LogP contribution in [0.15, 0.2) is 0 Å². The van der Waals surface area contributed by atoms with E-state index in [9.17, 15) is 94.3 Å². The quantitative estimate of drug-likeness (QED) is 0.0462. The van der Waals surface area contributed by atoms with Gasteiger partial charge in [0, 0.05) is 71.7 Å². The van der Waals surface area contributed by atoms with E-state index in [-0.39, 0.29) is 0 Å². The largest absolute Gasteiger partial charge is 0.707 e. The highest BCUT2D eigenvalue weighted by Gasteiger charge is 2.52. The Bertz CT molecular complexity index is 1900. The second-order valence-corrected chi connectivity index (χ2v) is 21.3. The van der Waals surface area contributed by atoms with Gasteiger partial charge in [-0.2, -0.15) is 33.7 Å². The average molecular weight is 953 g/mol. The Morgan fingerprint density at radius 2 is 0.700 bits per heavy atom. The lowest BCUT2D eigenvalue weighted by molar-refractivity contribution is -0.635. The molecule has 0 bridgehead atoms. The number of aliphatic carboxylic acids is 4. The molecule has 15 unspecified atom stereocenters. The molecule has 0 fully saturated rings. The Morgan fingerprint density at radius 3 is 0.983 bits per heavy atom. The predicted molar refractivity (Wildman–Crippen MR) is 180 cm³/mol. The molecular formula is C28H48N4O24S4-8. The molecule has 0 radical (unpaired) electrons. The van der Waals surface area contributed by atoms with E-state index < -0.39 is 157 Å². The number of rotatable bonds is 26. The van der Waals surface area contributed by atoms with Crippen LogP contribution in [0.2, 0.25) is 0 Å². The molecule has 0 amide bonds. The summed E-state index contributed by atoms with van der Waals surface area (Å²) in [5, 5.41) is 79.8. The van der Waals surface area contributed by atoms with Crippen LogP contribution in [-0.2, 0) is 77.0 Å². The Hall–Kier alpha value is -2.80. The van der Waals surface area contributed by atoms with Crippen LogP contribution >= 0.6 is 0 Å². The second-order valence-electron chi connectivity index (χ2n) is 14.4. The Balaban J connectivity index is 0. The van der Waals surface area contributed by atoms with Gasteiger partial charge in [-0.05, 0) is 37.5 Å². The maximum atomic E-state index is 12.5. The lowest BCUT2D eigenvalue weighted by Gasteiger charge is -2.42. The van der Waals surface area contributed by atoms with Gasteiger partial charge in [-0.3, -0.25) is 0 Å². The van der Waals surface area contributed by atoms with Crippen molar-refractivity contribution in [3.05, 3.63) is 0 Å². The van der Waals surface area contributed by atoms with Gasteiger partial charge in [0.1, 0.15) is 0 Å². The van der Waals surface area contributed by atoms with Crippen molar-refractivity contribution in [1.82, 2.24) is 0 Å². The van der Waals surface area contributed by atoms with Crippen molar-refractivity contribution >= 4 is 64.3 Å². The number of hydrogen-bond donors (Lipinski definition) is 4. The Morgan fingerprint density at radius 1 is 0.417 bits per heavy atom. The third-order valence-electron chi connectivity index (χ3n) is 10.2. The van der Waals surface area contributed by atoms with Crippen molar-refractivity contribution in [1.29, 1.82) is 0 Å². The normalized spacial score (nSPS) is 20.5. The molecule has 0 aromatic rings. The number of carbonyl (C=O) groups is 4. The molecule has 0 saturated heterocycles. The average Bonchev–Trinajstić information content (AvgIpc) is 3.09. The summed E-state index contributed by atoms with van der Waals surface area (Å²) in [5.41, 5.74) is 22.4. The first-order chi connectivity index (χ1) is 26.9. The summed E-state index contributed by atoms with van der Waals surface area (Å²) in [5.74, 6) is -21.2. The van der Waals surface area contributed by atoms with Crippen LogP contribution in [0.3, 0.4) is 0 Å². The monoisotopic (exact) mass is 952 g/mol. The Kier molecular flexibility index (Phi) is 23.3. The Labute approximate surface area is 345 Å². The lowest BCUT2D eigenvalue weighted by atomic mass is 9.73. The molecule has 0 spiro atoms. The van der Waals surface area contributed by atoms with E-state index in [1.807, 2.05) is 0 Å². The first-order valence-corrected chi connectivity index (χ1v) is 22.9. The highest BCUT2D eigenvalue weighted by molar-refractivity contribution is 7.89. The first-order valence-electron chi connectivity index (χ1n) is 17.0. The van der Waals surface area contributed by atoms with Gasteiger partial charge >= 0.3 is 0 Å². The van der Waals surface area contributed by atoms with E-state index in [0.717, 1.165) is 34.6 Å². The fourth-order valence-corrected chi connectivity index (χ4v) is 12.7. The third kappa shape index (κ3) is 14.7. The fraction of sp³-hybridized carbons (Fsp3) is 0.857. The minimum absolute atomic E-state index is 0.821. The SMILES string of the molecule is CC(C)C(C(C)C(C(C)C(C(C)C(C)S(=O)(=O)O[O-])S(=O)(=O)O[O-])S(=O)(=O)O[O-])S(=O)(=O)O[O-].CC(N)C(C(=O)[O-])C(N)C(C(=O)[O-])C(N)C(C(=O)[O-])C(N)C(C)C(=O)[O-]. The molecule has 0 rings (SSSR count). The third-order valence-corrected chi connectivity index (χ3v) is 17.0. The van der Waals surface area contributed by atoms with E-state index in [1.165, 1.54) is 20.8 Å². The number of nitrogens with two attached hydrogens (primary N) is 4. The maximum Gasteiger partial charge on any atom is 0.262 e. The zero-order valence-corrected chi connectivity index (χ0v) is 36.2. The molecule has 28 nitrogen and oxygen atoms in total. The fourth-order valence-electron chi connectivity index (χ4n) is 7.09. The molecule has 0 aromatic heterocycles. The lowest BCUT2D eigenvalue weighted by Crippen LogP contribution is -2.66. The van der Waals surface area contributed by atoms with Crippen LogP contribution in [0.1, 0.15) is 55.4 Å². The summed E-state index contributed by atoms with van der Waals surface area (Å²) >= 11 is 0. The standard InChI is InChI=1S/C14H26N4O8.C14H30O16S4/c1-3(11(19)20)8(16)6(13(23)24)10(18)7(14(25)26)9(17)5(4(2)15)12(21)22;1-7(2)12(32(21,22)28-16)9(4)14(34(25,26)30-18)10(5)13(33(23,24)29-17)8(3)11(6)31(19,20)27-15/h3-10H,15-18H2,1-2H3,(H,19,20)(H,21,22)(H,23,24)(H,25,26);7-18H,1-6H3/p-8. The predicted octanol–water partition coefficient (Wildman–Crippen LogP) is -12.7. The molecule has 15 atom stereocenters. The molecule has 8 N–H and O–H groups in total. The van der Waals surface area contributed by atoms with Crippen molar-refractivity contribution in [2.24, 2.45) is 70.3 Å². The maximum absolute atomic E-state index is 12.5. The molecule has 0 aromatic carbocycles. The van der Waals surface area contributed by atoms with Gasteiger partial charge in [0.15, 0.2) is 0 Å². The summed E-state index contributed by atoms with van der Waals surface area (Å²) < 4.78 is 111. The minimum Gasteiger partial charge on any atom is -0.707 e.